The Bertz CT molecular complexity index is 1390. The van der Waals surface area contributed by atoms with Crippen LogP contribution in [0.25, 0.3) is 10.9 Å². The van der Waals surface area contributed by atoms with E-state index in [-0.39, 0.29) is 4.90 Å². The van der Waals surface area contributed by atoms with Crippen molar-refractivity contribution >= 4 is 38.2 Å². The van der Waals surface area contributed by atoms with E-state index in [0.717, 1.165) is 28.6 Å². The minimum Gasteiger partial charge on any atom is -0.384 e. The third-order valence-corrected chi connectivity index (χ3v) is 6.45. The van der Waals surface area contributed by atoms with Gasteiger partial charge in [-0.3, -0.25) is 0 Å². The van der Waals surface area contributed by atoms with Gasteiger partial charge in [-0.1, -0.05) is 36.4 Å². The van der Waals surface area contributed by atoms with Crippen LogP contribution in [0.1, 0.15) is 11.1 Å². The van der Waals surface area contributed by atoms with Gasteiger partial charge in [-0.25, -0.2) is 23.5 Å². The number of methoxy groups -OCH3 is 1. The van der Waals surface area contributed by atoms with Gasteiger partial charge < -0.3 is 15.0 Å². The second-order valence-corrected chi connectivity index (χ2v) is 9.53. The predicted octanol–water partition coefficient (Wildman–Crippen LogP) is 3.85. The summed E-state index contributed by atoms with van der Waals surface area (Å²) in [7, 11) is 0.0374. The molecule has 4 rings (SSSR count). The third kappa shape index (κ3) is 5.51. The van der Waals surface area contributed by atoms with Crippen LogP contribution in [0.4, 0.5) is 17.3 Å². The summed E-state index contributed by atoms with van der Waals surface area (Å²) < 4.78 is 28.2. The summed E-state index contributed by atoms with van der Waals surface area (Å²) in [6.07, 6.45) is 2.62. The van der Waals surface area contributed by atoms with E-state index in [4.69, 9.17) is 14.9 Å². The average Bonchev–Trinajstić information content (AvgIpc) is 2.83. The predicted molar refractivity (Wildman–Crippen MR) is 135 cm³/mol. The third-order valence-electron chi connectivity index (χ3n) is 5.52. The van der Waals surface area contributed by atoms with Crippen LogP contribution in [0, 0.1) is 0 Å². The smallest absolute Gasteiger partial charge is 0.238 e. The van der Waals surface area contributed by atoms with Crippen molar-refractivity contribution in [3.05, 3.63) is 84.1 Å². The minimum atomic E-state index is -3.74. The van der Waals surface area contributed by atoms with E-state index in [2.05, 4.69) is 40.4 Å². The molecule has 0 radical (unpaired) electrons. The van der Waals surface area contributed by atoms with E-state index in [1.165, 1.54) is 17.7 Å². The average molecular weight is 478 g/mol. The van der Waals surface area contributed by atoms with Crippen LogP contribution in [0.15, 0.2) is 77.8 Å². The number of fused-ring (bicyclic) bond motifs is 1. The largest absolute Gasteiger partial charge is 0.384 e. The highest BCUT2D eigenvalue weighted by Crippen LogP contribution is 2.25. The summed E-state index contributed by atoms with van der Waals surface area (Å²) in [4.78, 5) is 11.4. The Morgan fingerprint density at radius 2 is 1.74 bits per heavy atom. The molecule has 0 aliphatic heterocycles. The molecule has 34 heavy (non-hydrogen) atoms. The molecule has 8 nitrogen and oxygen atoms in total. The molecule has 0 saturated heterocycles. The fourth-order valence-corrected chi connectivity index (χ4v) is 4.32. The van der Waals surface area contributed by atoms with Crippen molar-refractivity contribution in [3.63, 3.8) is 0 Å². The molecular formula is C25H27N5O3S. The maximum absolute atomic E-state index is 11.5. The molecule has 1 heterocycles. The standard InChI is InChI=1S/C25H27N5O3S/c1-30(23-9-4-3-6-18(23)14-15-33-2)17-20-8-5-7-19-16-27-25(29-24(19)20)28-21-10-12-22(13-11-21)34(26,31)32/h3-13,16H,14-15,17H2,1-2H3,(H2,26,31,32)(H,27,28,29). The second-order valence-electron chi connectivity index (χ2n) is 7.97. The van der Waals surface area contributed by atoms with Crippen LogP contribution in [-0.2, 0) is 27.7 Å². The molecule has 1 aromatic heterocycles. The Labute approximate surface area is 199 Å². The lowest BCUT2D eigenvalue weighted by Crippen LogP contribution is -2.19. The highest BCUT2D eigenvalue weighted by Gasteiger charge is 2.12. The lowest BCUT2D eigenvalue weighted by molar-refractivity contribution is 0.202. The van der Waals surface area contributed by atoms with Gasteiger partial charge in [0.2, 0.25) is 16.0 Å². The van der Waals surface area contributed by atoms with E-state index in [9.17, 15) is 8.42 Å². The zero-order valence-electron chi connectivity index (χ0n) is 19.1. The van der Waals surface area contributed by atoms with Crippen molar-refractivity contribution in [2.75, 3.05) is 31.0 Å². The normalized spacial score (nSPS) is 11.5. The molecule has 0 aliphatic rings. The molecule has 0 atom stereocenters. The van der Waals surface area contributed by atoms with E-state index in [1.54, 1.807) is 25.4 Å². The second kappa shape index (κ2) is 10.2. The van der Waals surface area contributed by atoms with Crippen molar-refractivity contribution in [2.24, 2.45) is 5.14 Å². The Morgan fingerprint density at radius 1 is 1.00 bits per heavy atom. The highest BCUT2D eigenvalue weighted by atomic mass is 32.2. The zero-order chi connectivity index (χ0) is 24.1. The van der Waals surface area contributed by atoms with Crippen LogP contribution < -0.4 is 15.4 Å². The molecule has 3 N–H and O–H groups in total. The van der Waals surface area contributed by atoms with Gasteiger partial charge in [0.25, 0.3) is 0 Å². The van der Waals surface area contributed by atoms with E-state index >= 15 is 0 Å². The van der Waals surface area contributed by atoms with Crippen molar-refractivity contribution in [1.29, 1.82) is 0 Å². The Kier molecular flexibility index (Phi) is 7.06. The molecule has 0 fully saturated rings. The molecule has 0 amide bonds. The van der Waals surface area contributed by atoms with Gasteiger partial charge in [-0.05, 0) is 47.9 Å². The lowest BCUT2D eigenvalue weighted by Gasteiger charge is -2.23. The monoisotopic (exact) mass is 477 g/mol. The number of nitrogens with zero attached hydrogens (tertiary/aromatic N) is 3. The van der Waals surface area contributed by atoms with Gasteiger partial charge >= 0.3 is 0 Å². The molecule has 0 unspecified atom stereocenters. The molecule has 9 heteroatoms. The van der Waals surface area contributed by atoms with E-state index in [1.807, 2.05) is 24.3 Å². The lowest BCUT2D eigenvalue weighted by atomic mass is 10.1. The summed E-state index contributed by atoms with van der Waals surface area (Å²) >= 11 is 0. The maximum atomic E-state index is 11.5. The quantitative estimate of drug-likeness (QED) is 0.377. The SMILES string of the molecule is COCCc1ccccc1N(C)Cc1cccc2cnc(Nc3ccc(S(N)(=O)=O)cc3)nc12. The van der Waals surface area contributed by atoms with Crippen LogP contribution >= 0.6 is 0 Å². The Balaban J connectivity index is 1.59. The highest BCUT2D eigenvalue weighted by molar-refractivity contribution is 7.89. The number of anilines is 3. The van der Waals surface area contributed by atoms with Crippen LogP contribution in [0.5, 0.6) is 0 Å². The summed E-state index contributed by atoms with van der Waals surface area (Å²) in [6, 6.07) is 20.5. The van der Waals surface area contributed by atoms with Crippen LogP contribution in [0.2, 0.25) is 0 Å². The van der Waals surface area contributed by atoms with Gasteiger partial charge in [0.15, 0.2) is 0 Å². The number of primary sulfonamides is 1. The number of hydrogen-bond acceptors (Lipinski definition) is 7. The number of nitrogens with two attached hydrogens (primary N) is 1. The van der Waals surface area contributed by atoms with Gasteiger partial charge in [0.05, 0.1) is 17.0 Å². The fraction of sp³-hybridized carbons (Fsp3) is 0.200. The molecule has 176 valence electrons. The molecule has 0 spiro atoms. The first kappa shape index (κ1) is 23.6. The number of hydrogen-bond donors (Lipinski definition) is 2. The molecule has 0 saturated carbocycles. The summed E-state index contributed by atoms with van der Waals surface area (Å²) in [5.74, 6) is 0.423. The summed E-state index contributed by atoms with van der Waals surface area (Å²) in [5, 5.41) is 9.24. The number of para-hydroxylation sites is 2. The number of benzene rings is 3. The number of rotatable bonds is 9. The van der Waals surface area contributed by atoms with Gasteiger partial charge in [0.1, 0.15) is 0 Å². The van der Waals surface area contributed by atoms with Gasteiger partial charge in [-0.15, -0.1) is 0 Å². The van der Waals surface area contributed by atoms with Crippen LogP contribution in [0.3, 0.4) is 0 Å². The Morgan fingerprint density at radius 3 is 2.47 bits per heavy atom. The topological polar surface area (TPSA) is 110 Å². The first-order chi connectivity index (χ1) is 16.3. The van der Waals surface area contributed by atoms with Crippen molar-refractivity contribution in [3.8, 4) is 0 Å². The number of aromatic nitrogens is 2. The van der Waals surface area contributed by atoms with E-state index in [0.29, 0.717) is 24.8 Å². The van der Waals surface area contributed by atoms with Crippen molar-refractivity contribution in [2.45, 2.75) is 17.9 Å². The minimum absolute atomic E-state index is 0.0496. The van der Waals surface area contributed by atoms with Crippen molar-refractivity contribution in [1.82, 2.24) is 9.97 Å². The molecule has 0 bridgehead atoms. The van der Waals surface area contributed by atoms with Crippen molar-refractivity contribution < 1.29 is 13.2 Å². The summed E-state index contributed by atoms with van der Waals surface area (Å²) in [6.45, 7) is 1.33. The number of sulfonamides is 1. The fourth-order valence-electron chi connectivity index (χ4n) is 3.81. The molecule has 0 aliphatic carbocycles. The van der Waals surface area contributed by atoms with Crippen LogP contribution in [-0.4, -0.2) is 39.2 Å². The van der Waals surface area contributed by atoms with Gasteiger partial charge in [0, 0.05) is 43.7 Å². The zero-order valence-corrected chi connectivity index (χ0v) is 19.9. The molecular weight excluding hydrogens is 450 g/mol. The number of nitrogens with one attached hydrogen (secondary N) is 1. The first-order valence-corrected chi connectivity index (χ1v) is 12.3. The number of ether oxygens (including phenoxy) is 1. The Hall–Kier alpha value is -3.53. The first-order valence-electron chi connectivity index (χ1n) is 10.8. The molecule has 4 aromatic rings. The maximum Gasteiger partial charge on any atom is 0.238 e. The summed E-state index contributed by atoms with van der Waals surface area (Å²) in [5.41, 5.74) is 4.96. The molecule has 3 aromatic carbocycles. The van der Waals surface area contributed by atoms with Gasteiger partial charge in [-0.2, -0.15) is 0 Å². The van der Waals surface area contributed by atoms with E-state index < -0.39 is 10.0 Å².